The average molecular weight is 259 g/mol. The highest BCUT2D eigenvalue weighted by atomic mass is 32.1. The van der Waals surface area contributed by atoms with Gasteiger partial charge in [-0.25, -0.2) is 9.37 Å². The van der Waals surface area contributed by atoms with Crippen LogP contribution in [0.4, 0.5) is 4.39 Å². The Labute approximate surface area is 108 Å². The Morgan fingerprint density at radius 1 is 1.17 bits per heavy atom. The monoisotopic (exact) mass is 259 g/mol. The molecule has 0 amide bonds. The van der Waals surface area contributed by atoms with E-state index in [9.17, 15) is 4.39 Å². The van der Waals surface area contributed by atoms with Crippen molar-refractivity contribution in [2.24, 2.45) is 0 Å². The Kier molecular flexibility index (Phi) is 2.72. The van der Waals surface area contributed by atoms with E-state index in [0.29, 0.717) is 0 Å². The number of hydrogen-bond donors (Lipinski definition) is 0. The van der Waals surface area contributed by atoms with E-state index in [2.05, 4.69) is 4.98 Å². The van der Waals surface area contributed by atoms with Gasteiger partial charge in [-0.15, -0.1) is 11.3 Å². The second-order valence-electron chi connectivity index (χ2n) is 3.91. The van der Waals surface area contributed by atoms with Gasteiger partial charge < -0.3 is 4.42 Å². The number of halogens is 1. The van der Waals surface area contributed by atoms with Crippen LogP contribution in [0.5, 0.6) is 0 Å². The lowest BCUT2D eigenvalue weighted by Gasteiger charge is -1.97. The summed E-state index contributed by atoms with van der Waals surface area (Å²) in [5.74, 6) is 0.523. The molecule has 0 aliphatic heterocycles. The number of furan rings is 1. The quantitative estimate of drug-likeness (QED) is 0.676. The summed E-state index contributed by atoms with van der Waals surface area (Å²) in [4.78, 5) is 5.65. The number of benzene rings is 1. The number of aromatic nitrogens is 1. The number of nitrogens with zero attached hydrogens (tertiary/aromatic N) is 1. The van der Waals surface area contributed by atoms with E-state index in [1.54, 1.807) is 29.7 Å². The predicted octanol–water partition coefficient (Wildman–Crippen LogP) is 4.52. The van der Waals surface area contributed by atoms with Crippen LogP contribution in [0.15, 0.2) is 47.1 Å². The lowest BCUT2D eigenvalue weighted by Crippen LogP contribution is -1.81. The molecule has 0 fully saturated rings. The standard InChI is InChI=1S/C14H10FNOS/c1-9-13(10-4-6-11(15)7-5-10)16-14(18-9)12-3-2-8-17-12/h2-8H,1H3. The van der Waals surface area contributed by atoms with Crippen LogP contribution in [0.2, 0.25) is 0 Å². The van der Waals surface area contributed by atoms with Gasteiger partial charge in [0.15, 0.2) is 10.8 Å². The third-order valence-corrected chi connectivity index (χ3v) is 3.63. The maximum absolute atomic E-state index is 12.9. The van der Waals surface area contributed by atoms with Gasteiger partial charge >= 0.3 is 0 Å². The van der Waals surface area contributed by atoms with E-state index < -0.39 is 0 Å². The molecule has 0 atom stereocenters. The molecule has 0 saturated carbocycles. The van der Waals surface area contributed by atoms with Crippen LogP contribution in [-0.2, 0) is 0 Å². The summed E-state index contributed by atoms with van der Waals surface area (Å²) in [6.45, 7) is 2.00. The van der Waals surface area contributed by atoms with Crippen LogP contribution in [0.1, 0.15) is 4.88 Å². The van der Waals surface area contributed by atoms with E-state index in [1.807, 2.05) is 19.1 Å². The van der Waals surface area contributed by atoms with Crippen LogP contribution in [0.3, 0.4) is 0 Å². The topological polar surface area (TPSA) is 26.0 Å². The molecule has 0 bridgehead atoms. The molecule has 2 heterocycles. The lowest BCUT2D eigenvalue weighted by molar-refractivity contribution is 0.582. The van der Waals surface area contributed by atoms with Gasteiger partial charge in [0.25, 0.3) is 0 Å². The molecule has 0 aliphatic rings. The molecule has 90 valence electrons. The van der Waals surface area contributed by atoms with Gasteiger partial charge in [-0.1, -0.05) is 0 Å². The van der Waals surface area contributed by atoms with Crippen molar-refractivity contribution in [1.29, 1.82) is 0 Å². The van der Waals surface area contributed by atoms with E-state index in [4.69, 9.17) is 4.42 Å². The number of thiazole rings is 1. The molecule has 0 saturated heterocycles. The Balaban J connectivity index is 2.06. The molecule has 1 aromatic carbocycles. The Morgan fingerprint density at radius 3 is 2.61 bits per heavy atom. The lowest BCUT2D eigenvalue weighted by atomic mass is 10.1. The minimum absolute atomic E-state index is 0.238. The van der Waals surface area contributed by atoms with Gasteiger partial charge in [-0.3, -0.25) is 0 Å². The van der Waals surface area contributed by atoms with Gasteiger partial charge in [0.1, 0.15) is 5.82 Å². The van der Waals surface area contributed by atoms with Crippen molar-refractivity contribution in [2.75, 3.05) is 0 Å². The van der Waals surface area contributed by atoms with Gasteiger partial charge in [0.05, 0.1) is 12.0 Å². The van der Waals surface area contributed by atoms with Gasteiger partial charge in [0.2, 0.25) is 0 Å². The second kappa shape index (κ2) is 4.38. The molecule has 4 heteroatoms. The van der Waals surface area contributed by atoms with Gasteiger partial charge in [-0.05, 0) is 43.3 Å². The largest absolute Gasteiger partial charge is 0.462 e. The number of rotatable bonds is 2. The van der Waals surface area contributed by atoms with Crippen molar-refractivity contribution < 1.29 is 8.81 Å². The first-order valence-corrected chi connectivity index (χ1v) is 6.33. The van der Waals surface area contributed by atoms with E-state index in [0.717, 1.165) is 26.9 Å². The fourth-order valence-electron chi connectivity index (χ4n) is 1.78. The van der Waals surface area contributed by atoms with Crippen molar-refractivity contribution in [1.82, 2.24) is 4.98 Å². The summed E-state index contributed by atoms with van der Waals surface area (Å²) < 4.78 is 18.2. The molecular weight excluding hydrogens is 249 g/mol. The molecule has 0 N–H and O–H groups in total. The Bertz CT molecular complexity index is 656. The molecule has 0 unspecified atom stereocenters. The third kappa shape index (κ3) is 1.95. The predicted molar refractivity (Wildman–Crippen MR) is 69.9 cm³/mol. The average Bonchev–Trinajstić information content (AvgIpc) is 2.99. The van der Waals surface area contributed by atoms with Crippen LogP contribution < -0.4 is 0 Å². The zero-order valence-electron chi connectivity index (χ0n) is 9.68. The maximum atomic E-state index is 12.9. The number of hydrogen-bond acceptors (Lipinski definition) is 3. The van der Waals surface area contributed by atoms with E-state index in [1.165, 1.54) is 12.1 Å². The van der Waals surface area contributed by atoms with Crippen molar-refractivity contribution in [3.63, 3.8) is 0 Å². The van der Waals surface area contributed by atoms with Crippen molar-refractivity contribution >= 4 is 11.3 Å². The molecule has 3 rings (SSSR count). The highest BCUT2D eigenvalue weighted by Gasteiger charge is 2.12. The smallest absolute Gasteiger partial charge is 0.162 e. The van der Waals surface area contributed by atoms with Crippen molar-refractivity contribution in [3.05, 3.63) is 53.4 Å². The molecule has 0 aliphatic carbocycles. The van der Waals surface area contributed by atoms with Crippen LogP contribution in [0, 0.1) is 12.7 Å². The first-order chi connectivity index (χ1) is 8.74. The van der Waals surface area contributed by atoms with Crippen LogP contribution >= 0.6 is 11.3 Å². The van der Waals surface area contributed by atoms with Crippen molar-refractivity contribution in [2.45, 2.75) is 6.92 Å². The Hall–Kier alpha value is -1.94. The normalized spacial score (nSPS) is 10.8. The van der Waals surface area contributed by atoms with Crippen LogP contribution in [-0.4, -0.2) is 4.98 Å². The zero-order valence-corrected chi connectivity index (χ0v) is 10.5. The number of aryl methyl sites for hydroxylation is 1. The fraction of sp³-hybridized carbons (Fsp3) is 0.0714. The fourth-order valence-corrected chi connectivity index (χ4v) is 2.68. The van der Waals surface area contributed by atoms with Gasteiger partial charge in [0, 0.05) is 10.4 Å². The second-order valence-corrected chi connectivity index (χ2v) is 5.11. The summed E-state index contributed by atoms with van der Waals surface area (Å²) >= 11 is 1.57. The first kappa shape index (κ1) is 11.2. The summed E-state index contributed by atoms with van der Waals surface area (Å²) in [5.41, 5.74) is 1.80. The molecule has 18 heavy (non-hydrogen) atoms. The molecule has 0 radical (unpaired) electrons. The highest BCUT2D eigenvalue weighted by Crippen LogP contribution is 2.33. The molecular formula is C14H10FNOS. The molecule has 0 spiro atoms. The maximum Gasteiger partial charge on any atom is 0.162 e. The summed E-state index contributed by atoms with van der Waals surface area (Å²) in [5, 5.41) is 0.844. The molecule has 3 aromatic rings. The molecule has 2 nitrogen and oxygen atoms in total. The van der Waals surface area contributed by atoms with E-state index >= 15 is 0 Å². The Morgan fingerprint density at radius 2 is 1.94 bits per heavy atom. The summed E-state index contributed by atoms with van der Waals surface area (Å²) in [6.07, 6.45) is 1.63. The third-order valence-electron chi connectivity index (χ3n) is 2.65. The summed E-state index contributed by atoms with van der Waals surface area (Å²) in [7, 11) is 0. The highest BCUT2D eigenvalue weighted by molar-refractivity contribution is 7.15. The van der Waals surface area contributed by atoms with E-state index in [-0.39, 0.29) is 5.82 Å². The SMILES string of the molecule is Cc1sc(-c2ccco2)nc1-c1ccc(F)cc1. The summed E-state index contributed by atoms with van der Waals surface area (Å²) in [6, 6.07) is 10.1. The van der Waals surface area contributed by atoms with Gasteiger partial charge in [-0.2, -0.15) is 0 Å². The first-order valence-electron chi connectivity index (χ1n) is 5.51. The molecule has 2 aromatic heterocycles. The minimum atomic E-state index is -0.238. The zero-order chi connectivity index (χ0) is 12.5. The van der Waals surface area contributed by atoms with Crippen LogP contribution in [0.25, 0.3) is 22.0 Å². The van der Waals surface area contributed by atoms with Crippen molar-refractivity contribution in [3.8, 4) is 22.0 Å². The minimum Gasteiger partial charge on any atom is -0.462 e.